The molecule has 0 aliphatic rings. The zero-order chi connectivity index (χ0) is 14.9. The molecule has 0 aliphatic carbocycles. The highest BCUT2D eigenvalue weighted by Gasteiger charge is 2.23. The Hall–Kier alpha value is -0.290. The molecule has 0 bridgehead atoms. The van der Waals surface area contributed by atoms with Crippen molar-refractivity contribution in [1.29, 1.82) is 0 Å². The maximum absolute atomic E-state index is 12.3. The van der Waals surface area contributed by atoms with Gasteiger partial charge in [0.05, 0.1) is 5.69 Å². The molecule has 0 spiro atoms. The predicted molar refractivity (Wildman–Crippen MR) is 87.3 cm³/mol. The van der Waals surface area contributed by atoms with Crippen LogP contribution in [0.25, 0.3) is 0 Å². The van der Waals surface area contributed by atoms with E-state index in [-0.39, 0.29) is 21.9 Å². The monoisotopic (exact) mass is 491 g/mol. The molecule has 2 aromatic rings. The highest BCUT2D eigenvalue weighted by Crippen LogP contribution is 2.30. The molecule has 1 heterocycles. The molecule has 5 nitrogen and oxygen atoms in total. The number of hydrogen-bond acceptors (Lipinski definition) is 4. The van der Waals surface area contributed by atoms with Gasteiger partial charge in [-0.15, -0.1) is 0 Å². The molecule has 0 atom stereocenters. The zero-order valence-corrected chi connectivity index (χ0v) is 15.0. The summed E-state index contributed by atoms with van der Waals surface area (Å²) in [7, 11) is -3.82. The van der Waals surface area contributed by atoms with Crippen molar-refractivity contribution in [1.82, 2.24) is 0 Å². The fraction of sp³-hybridized carbons (Fsp3) is 0.0909. The van der Waals surface area contributed by atoms with Crippen LogP contribution in [0.1, 0.15) is 5.76 Å². The van der Waals surface area contributed by atoms with Gasteiger partial charge in [0.15, 0.2) is 4.67 Å². The van der Waals surface area contributed by atoms with Crippen molar-refractivity contribution in [2.45, 2.75) is 11.5 Å². The quantitative estimate of drug-likeness (QED) is 0.640. The third-order valence-corrected chi connectivity index (χ3v) is 5.68. The molecule has 0 fully saturated rings. The standard InChI is InChI=1S/C11H8BrClINO4S/c12-11-10(4-7(5-16)19-11)20(17,18)15-9-2-1-6(13)3-8(9)14/h1-4,15-16H,5H2. The number of rotatable bonds is 4. The van der Waals surface area contributed by atoms with Gasteiger partial charge in [-0.25, -0.2) is 8.42 Å². The van der Waals surface area contributed by atoms with Gasteiger partial charge in [-0.2, -0.15) is 0 Å². The molecule has 0 unspecified atom stereocenters. The Morgan fingerprint density at radius 2 is 2.10 bits per heavy atom. The number of aliphatic hydroxyl groups is 1. The second-order valence-electron chi connectivity index (χ2n) is 3.74. The number of aliphatic hydroxyl groups excluding tert-OH is 1. The van der Waals surface area contributed by atoms with Gasteiger partial charge in [-0.05, 0) is 56.7 Å². The van der Waals surface area contributed by atoms with Crippen LogP contribution in [0.2, 0.25) is 5.02 Å². The molecule has 0 saturated heterocycles. The first-order valence-electron chi connectivity index (χ1n) is 5.20. The number of furan rings is 1. The van der Waals surface area contributed by atoms with Gasteiger partial charge < -0.3 is 9.52 Å². The molecular formula is C11H8BrClINO4S. The highest BCUT2D eigenvalue weighted by molar-refractivity contribution is 14.1. The van der Waals surface area contributed by atoms with Crippen molar-refractivity contribution >= 4 is 65.8 Å². The summed E-state index contributed by atoms with van der Waals surface area (Å²) in [5, 5.41) is 9.48. The number of sulfonamides is 1. The minimum Gasteiger partial charge on any atom is -0.450 e. The van der Waals surface area contributed by atoms with Crippen LogP contribution in [0.4, 0.5) is 5.69 Å². The van der Waals surface area contributed by atoms with Crippen LogP contribution in [0.5, 0.6) is 0 Å². The van der Waals surface area contributed by atoms with E-state index >= 15 is 0 Å². The molecule has 1 aromatic heterocycles. The Labute approximate surface area is 142 Å². The fourth-order valence-corrected chi connectivity index (χ4v) is 4.70. The summed E-state index contributed by atoms with van der Waals surface area (Å²) in [6.45, 7) is -0.382. The van der Waals surface area contributed by atoms with Crippen molar-refractivity contribution in [2.75, 3.05) is 4.72 Å². The van der Waals surface area contributed by atoms with Gasteiger partial charge in [0.1, 0.15) is 17.3 Å². The Bertz CT molecular complexity index is 747. The van der Waals surface area contributed by atoms with Gasteiger partial charge >= 0.3 is 0 Å². The van der Waals surface area contributed by atoms with E-state index in [0.717, 1.165) is 0 Å². The van der Waals surface area contributed by atoms with Gasteiger partial charge in [-0.3, -0.25) is 4.72 Å². The molecule has 2 N–H and O–H groups in total. The van der Waals surface area contributed by atoms with E-state index in [1.165, 1.54) is 6.07 Å². The molecule has 20 heavy (non-hydrogen) atoms. The van der Waals surface area contributed by atoms with Crippen molar-refractivity contribution in [3.63, 3.8) is 0 Å². The lowest BCUT2D eigenvalue weighted by Crippen LogP contribution is -2.13. The Morgan fingerprint density at radius 1 is 1.40 bits per heavy atom. The third kappa shape index (κ3) is 3.48. The molecular weight excluding hydrogens is 484 g/mol. The first-order chi connectivity index (χ1) is 9.33. The second-order valence-corrected chi connectivity index (χ2v) is 7.71. The van der Waals surface area contributed by atoms with E-state index in [1.54, 1.807) is 18.2 Å². The fourth-order valence-electron chi connectivity index (χ4n) is 1.43. The lowest BCUT2D eigenvalue weighted by molar-refractivity contribution is 0.245. The SMILES string of the molecule is O=S(=O)(Nc1ccc(Cl)cc1I)c1cc(CO)oc1Br. The minimum absolute atomic E-state index is 0.0398. The number of anilines is 1. The molecule has 108 valence electrons. The van der Waals surface area contributed by atoms with E-state index in [4.69, 9.17) is 21.1 Å². The molecule has 0 amide bonds. The van der Waals surface area contributed by atoms with Gasteiger partial charge in [0, 0.05) is 14.7 Å². The molecule has 9 heteroatoms. The topological polar surface area (TPSA) is 79.5 Å². The largest absolute Gasteiger partial charge is 0.450 e. The van der Waals surface area contributed by atoms with Crippen molar-refractivity contribution in [3.8, 4) is 0 Å². The molecule has 2 rings (SSSR count). The van der Waals surface area contributed by atoms with Gasteiger partial charge in [0.2, 0.25) is 0 Å². The molecule has 0 aliphatic heterocycles. The number of benzene rings is 1. The number of halogens is 3. The lowest BCUT2D eigenvalue weighted by Gasteiger charge is -2.08. The summed E-state index contributed by atoms with van der Waals surface area (Å²) < 4.78 is 32.8. The first kappa shape index (κ1) is 16.1. The average molecular weight is 493 g/mol. The van der Waals surface area contributed by atoms with Crippen LogP contribution in [0.15, 0.2) is 38.2 Å². The third-order valence-electron chi connectivity index (χ3n) is 2.33. The van der Waals surface area contributed by atoms with Gasteiger partial charge in [-0.1, -0.05) is 11.6 Å². The Kier molecular flexibility index (Phi) is 5.00. The van der Waals surface area contributed by atoms with Crippen molar-refractivity contribution in [2.24, 2.45) is 0 Å². The van der Waals surface area contributed by atoms with E-state index < -0.39 is 10.0 Å². The van der Waals surface area contributed by atoms with E-state index in [2.05, 4.69) is 20.7 Å². The minimum atomic E-state index is -3.82. The normalized spacial score (nSPS) is 11.6. The summed E-state index contributed by atoms with van der Waals surface area (Å²) in [6.07, 6.45) is 0. The lowest BCUT2D eigenvalue weighted by atomic mass is 10.3. The first-order valence-corrected chi connectivity index (χ1v) is 8.93. The van der Waals surface area contributed by atoms with Crippen LogP contribution in [0.3, 0.4) is 0 Å². The van der Waals surface area contributed by atoms with Crippen LogP contribution in [-0.2, 0) is 16.6 Å². The Morgan fingerprint density at radius 3 is 2.65 bits per heavy atom. The summed E-state index contributed by atoms with van der Waals surface area (Å²) >= 11 is 10.8. The average Bonchev–Trinajstić information content (AvgIpc) is 2.75. The number of nitrogens with one attached hydrogen (secondary N) is 1. The summed E-state index contributed by atoms with van der Waals surface area (Å²) in [4.78, 5) is -0.0766. The van der Waals surface area contributed by atoms with Crippen LogP contribution in [0, 0.1) is 3.57 Å². The summed E-state index contributed by atoms with van der Waals surface area (Å²) in [5.41, 5.74) is 0.411. The highest BCUT2D eigenvalue weighted by atomic mass is 127. The number of hydrogen-bond donors (Lipinski definition) is 2. The Balaban J connectivity index is 2.38. The van der Waals surface area contributed by atoms with E-state index in [1.807, 2.05) is 22.6 Å². The summed E-state index contributed by atoms with van der Waals surface area (Å²) in [5.74, 6) is 0.156. The smallest absolute Gasteiger partial charge is 0.266 e. The molecule has 0 saturated carbocycles. The maximum Gasteiger partial charge on any atom is 0.266 e. The van der Waals surface area contributed by atoms with Crippen LogP contribution in [-0.4, -0.2) is 13.5 Å². The van der Waals surface area contributed by atoms with E-state index in [9.17, 15) is 8.42 Å². The molecule has 0 radical (unpaired) electrons. The molecule has 1 aromatic carbocycles. The van der Waals surface area contributed by atoms with E-state index in [0.29, 0.717) is 14.3 Å². The zero-order valence-electron chi connectivity index (χ0n) is 9.73. The van der Waals surface area contributed by atoms with Crippen LogP contribution < -0.4 is 4.72 Å². The van der Waals surface area contributed by atoms with Crippen LogP contribution >= 0.6 is 50.1 Å². The summed E-state index contributed by atoms with van der Waals surface area (Å²) in [6, 6.07) is 6.06. The van der Waals surface area contributed by atoms with Crippen molar-refractivity contribution in [3.05, 3.63) is 43.3 Å². The second kappa shape index (κ2) is 6.22. The van der Waals surface area contributed by atoms with Crippen molar-refractivity contribution < 1.29 is 17.9 Å². The van der Waals surface area contributed by atoms with Gasteiger partial charge in [0.25, 0.3) is 10.0 Å². The maximum atomic E-state index is 12.3. The predicted octanol–water partition coefficient (Wildman–Crippen LogP) is 3.59.